The van der Waals surface area contributed by atoms with Crippen LogP contribution in [0.3, 0.4) is 0 Å². The van der Waals surface area contributed by atoms with Crippen LogP contribution in [0.1, 0.15) is 11.1 Å². The summed E-state index contributed by atoms with van der Waals surface area (Å²) in [6, 6.07) is 17.4. The highest BCUT2D eigenvalue weighted by Crippen LogP contribution is 2.32. The van der Waals surface area contributed by atoms with E-state index in [2.05, 4.69) is 11.2 Å². The average molecular weight is 527 g/mol. The Morgan fingerprint density at radius 3 is 2.69 bits per heavy atom. The van der Waals surface area contributed by atoms with E-state index in [0.717, 1.165) is 16.3 Å². The van der Waals surface area contributed by atoms with E-state index in [4.69, 9.17) is 12.2 Å². The van der Waals surface area contributed by atoms with Crippen molar-refractivity contribution >= 4 is 34.3 Å². The number of hydrazine groups is 1. The summed E-state index contributed by atoms with van der Waals surface area (Å²) in [5.74, 6) is 1.95. The van der Waals surface area contributed by atoms with Crippen molar-refractivity contribution < 1.29 is 19.5 Å². The van der Waals surface area contributed by atoms with Crippen LogP contribution in [0.25, 0.3) is 10.8 Å². The Morgan fingerprint density at radius 1 is 1.18 bits per heavy atom. The van der Waals surface area contributed by atoms with Gasteiger partial charge >= 0.3 is 6.03 Å². The first kappa shape index (κ1) is 25.9. The first-order chi connectivity index (χ1) is 18.8. The lowest BCUT2D eigenvalue weighted by atomic mass is 9.98. The predicted octanol–water partition coefficient (Wildman–Crippen LogP) is 1.74. The highest BCUT2D eigenvalue weighted by Gasteiger charge is 2.52. The number of fused-ring (bicyclic) bond motifs is 2. The fraction of sp³-hybridized carbons (Fsp3) is 0.276. The van der Waals surface area contributed by atoms with Gasteiger partial charge in [-0.15, -0.1) is 6.42 Å². The topological polar surface area (TPSA) is 122 Å². The lowest BCUT2D eigenvalue weighted by Crippen LogP contribution is -2.66. The number of hydrogen-bond acceptors (Lipinski definition) is 6. The lowest BCUT2D eigenvalue weighted by molar-refractivity contribution is -0.157. The number of hydrogen-bond donors (Lipinski definition) is 3. The molecule has 200 valence electrons. The third kappa shape index (κ3) is 4.80. The molecule has 0 spiro atoms. The van der Waals surface area contributed by atoms with E-state index in [-0.39, 0.29) is 49.3 Å². The number of amides is 4. The van der Waals surface area contributed by atoms with Gasteiger partial charge in [0.05, 0.1) is 25.3 Å². The van der Waals surface area contributed by atoms with Crippen LogP contribution in [0.2, 0.25) is 0 Å². The van der Waals surface area contributed by atoms with Crippen LogP contribution in [-0.4, -0.2) is 81.7 Å². The number of anilines is 1. The number of carbonyl (C=O) groups excluding carboxylic acids is 3. The maximum atomic E-state index is 14.0. The average Bonchev–Trinajstić information content (AvgIpc) is 3.26. The van der Waals surface area contributed by atoms with E-state index in [1.807, 2.05) is 42.5 Å². The van der Waals surface area contributed by atoms with Crippen molar-refractivity contribution in [3.63, 3.8) is 0 Å². The number of urea groups is 1. The lowest BCUT2D eigenvalue weighted by Gasteiger charge is -2.46. The Labute approximate surface area is 226 Å². The largest absolute Gasteiger partial charge is 0.506 e. The van der Waals surface area contributed by atoms with Crippen molar-refractivity contribution in [1.29, 1.82) is 0 Å². The summed E-state index contributed by atoms with van der Waals surface area (Å²) in [7, 11) is 1.50. The number of phenolic OH excluding ortho intramolecular Hbond substituents is 1. The monoisotopic (exact) mass is 526 g/mol. The third-order valence-corrected chi connectivity index (χ3v) is 7.33. The summed E-state index contributed by atoms with van der Waals surface area (Å²) in [6.07, 6.45) is 5.15. The number of phenols is 1. The van der Waals surface area contributed by atoms with Gasteiger partial charge < -0.3 is 26.0 Å². The van der Waals surface area contributed by atoms with Gasteiger partial charge in [0.2, 0.25) is 11.8 Å². The Balaban J connectivity index is 1.54. The van der Waals surface area contributed by atoms with Crippen molar-refractivity contribution in [3.05, 3.63) is 71.8 Å². The van der Waals surface area contributed by atoms with Crippen molar-refractivity contribution in [2.45, 2.75) is 25.2 Å². The van der Waals surface area contributed by atoms with Crippen molar-refractivity contribution in [2.75, 3.05) is 32.4 Å². The second-order valence-electron chi connectivity index (χ2n) is 9.67. The van der Waals surface area contributed by atoms with E-state index < -0.39 is 18.2 Å². The Morgan fingerprint density at radius 2 is 1.95 bits per heavy atom. The van der Waals surface area contributed by atoms with Gasteiger partial charge in [-0.3, -0.25) is 9.59 Å². The molecule has 3 aromatic carbocycles. The number of aromatic hydroxyl groups is 1. The van der Waals surface area contributed by atoms with E-state index in [1.54, 1.807) is 26.9 Å². The first-order valence-corrected chi connectivity index (χ1v) is 12.7. The number of nitrogens with one attached hydrogen (secondary N) is 1. The van der Waals surface area contributed by atoms with Crippen LogP contribution in [0, 0.1) is 12.3 Å². The van der Waals surface area contributed by atoms with Gasteiger partial charge in [0.25, 0.3) is 0 Å². The molecule has 4 amide bonds. The zero-order chi connectivity index (χ0) is 27.7. The minimum atomic E-state index is -0.836. The molecule has 0 unspecified atom stereocenters. The molecule has 0 aliphatic carbocycles. The molecule has 2 aliphatic rings. The van der Waals surface area contributed by atoms with Crippen molar-refractivity contribution in [3.8, 4) is 18.1 Å². The second-order valence-corrected chi connectivity index (χ2v) is 9.67. The van der Waals surface area contributed by atoms with Crippen LogP contribution in [0.5, 0.6) is 5.75 Å². The van der Waals surface area contributed by atoms with Crippen molar-refractivity contribution in [1.82, 2.24) is 25.1 Å². The van der Waals surface area contributed by atoms with Crippen LogP contribution >= 0.6 is 0 Å². The molecule has 2 heterocycles. The van der Waals surface area contributed by atoms with Crippen LogP contribution in [0.15, 0.2) is 60.7 Å². The molecule has 39 heavy (non-hydrogen) atoms. The SMILES string of the molecule is C#CCN(C(=O)NC)N1CC(=O)N2[C@@H](Cc3ccc(O)c(N)c3)C(=O)N(Cc3cccc4ccccc34)C[C@@H]21. The molecule has 0 bridgehead atoms. The molecule has 0 radical (unpaired) electrons. The zero-order valence-corrected chi connectivity index (χ0v) is 21.6. The minimum absolute atomic E-state index is 0.0340. The molecule has 2 saturated heterocycles. The Bertz CT molecular complexity index is 1480. The molecular formula is C29H30N6O4. The normalized spacial score (nSPS) is 19.2. The van der Waals surface area contributed by atoms with Gasteiger partial charge in [0.1, 0.15) is 18.0 Å². The summed E-state index contributed by atoms with van der Waals surface area (Å²) < 4.78 is 0. The molecule has 10 nitrogen and oxygen atoms in total. The number of piperazine rings is 1. The smallest absolute Gasteiger partial charge is 0.332 e. The zero-order valence-electron chi connectivity index (χ0n) is 21.6. The molecule has 10 heteroatoms. The summed E-state index contributed by atoms with van der Waals surface area (Å²) in [5.41, 5.74) is 7.78. The highest BCUT2D eigenvalue weighted by atomic mass is 16.3. The second kappa shape index (κ2) is 10.6. The van der Waals surface area contributed by atoms with E-state index in [0.29, 0.717) is 12.1 Å². The molecule has 2 aliphatic heterocycles. The Hall–Kier alpha value is -4.75. The highest BCUT2D eigenvalue weighted by molar-refractivity contribution is 5.92. The van der Waals surface area contributed by atoms with Gasteiger partial charge in [0.15, 0.2) is 0 Å². The van der Waals surface area contributed by atoms with Gasteiger partial charge in [-0.25, -0.2) is 9.80 Å². The van der Waals surface area contributed by atoms with Gasteiger partial charge in [-0.2, -0.15) is 5.01 Å². The quantitative estimate of drug-likeness (QED) is 0.256. The molecule has 2 atom stereocenters. The number of nitrogen functional groups attached to an aromatic ring is 1. The standard InChI is InChI=1S/C29H30N6O4/c1-3-13-33(29(39)31-2)34-18-27(37)35-24(15-19-11-12-25(36)23(30)14-19)28(38)32(17-26(34)35)16-21-9-6-8-20-7-4-5-10-22(20)21/h1,4-12,14,24,26,36H,13,15-18,30H2,2H3,(H,31,39)/t24-,26+/m0/s1. The maximum absolute atomic E-state index is 14.0. The van der Waals surface area contributed by atoms with E-state index >= 15 is 0 Å². The van der Waals surface area contributed by atoms with Gasteiger partial charge in [0, 0.05) is 20.0 Å². The Kier molecular flexibility index (Phi) is 7.00. The number of carbonyl (C=O) groups is 3. The van der Waals surface area contributed by atoms with Crippen LogP contribution in [0.4, 0.5) is 10.5 Å². The van der Waals surface area contributed by atoms with Crippen LogP contribution < -0.4 is 11.1 Å². The maximum Gasteiger partial charge on any atom is 0.332 e. The number of rotatable bonds is 6. The van der Waals surface area contributed by atoms with Crippen LogP contribution in [-0.2, 0) is 22.6 Å². The summed E-state index contributed by atoms with van der Waals surface area (Å²) in [6.45, 7) is 0.396. The fourth-order valence-corrected chi connectivity index (χ4v) is 5.48. The minimum Gasteiger partial charge on any atom is -0.506 e. The molecule has 2 fully saturated rings. The number of nitrogens with zero attached hydrogens (tertiary/aromatic N) is 4. The van der Waals surface area contributed by atoms with E-state index in [9.17, 15) is 19.5 Å². The number of nitrogens with two attached hydrogens (primary N) is 1. The molecule has 3 aromatic rings. The van der Waals surface area contributed by atoms with E-state index in [1.165, 1.54) is 18.1 Å². The molecule has 5 rings (SSSR count). The summed E-state index contributed by atoms with van der Waals surface area (Å²) in [5, 5.41) is 17.5. The van der Waals surface area contributed by atoms with Gasteiger partial charge in [-0.05, 0) is 34.0 Å². The summed E-state index contributed by atoms with van der Waals surface area (Å²) in [4.78, 5) is 43.4. The molecule has 0 aromatic heterocycles. The van der Waals surface area contributed by atoms with Crippen molar-refractivity contribution in [2.24, 2.45) is 0 Å². The molecule has 0 saturated carbocycles. The number of terminal acetylenes is 1. The number of benzene rings is 3. The molecular weight excluding hydrogens is 496 g/mol. The summed E-state index contributed by atoms with van der Waals surface area (Å²) >= 11 is 0. The third-order valence-electron chi connectivity index (χ3n) is 7.33. The molecule has 4 N–H and O–H groups in total. The van der Waals surface area contributed by atoms with Gasteiger partial charge in [-0.1, -0.05) is 54.5 Å². The predicted molar refractivity (Wildman–Crippen MR) is 147 cm³/mol. The fourth-order valence-electron chi connectivity index (χ4n) is 5.48. The first-order valence-electron chi connectivity index (χ1n) is 12.7.